The third-order valence-electron chi connectivity index (χ3n) is 3.75. The van der Waals surface area contributed by atoms with Crippen LogP contribution in [-0.4, -0.2) is 41.4 Å². The molecule has 0 spiro atoms. The lowest BCUT2D eigenvalue weighted by molar-refractivity contribution is -0.00203. The maximum atomic E-state index is 12.4. The molecule has 1 aromatic carbocycles. The van der Waals surface area contributed by atoms with Crippen molar-refractivity contribution in [1.29, 1.82) is 0 Å². The molecule has 1 N–H and O–H groups in total. The Morgan fingerprint density at radius 3 is 2.68 bits per heavy atom. The minimum Gasteiger partial charge on any atom is -0.454 e. The van der Waals surface area contributed by atoms with Crippen LogP contribution in [-0.2, 0) is 0 Å². The molecule has 2 heterocycles. The second kappa shape index (κ2) is 4.42. The molecule has 0 saturated carbocycles. The summed E-state index contributed by atoms with van der Waals surface area (Å²) in [7, 11) is 0. The summed E-state index contributed by atoms with van der Waals surface area (Å²) in [5, 5.41) is 9.90. The number of benzene rings is 1. The van der Waals surface area contributed by atoms with Gasteiger partial charge in [0.2, 0.25) is 6.79 Å². The molecule has 0 aromatic heterocycles. The lowest BCUT2D eigenvalue weighted by Gasteiger charge is -2.35. The first-order valence-electron chi connectivity index (χ1n) is 6.46. The molecule has 1 aromatic rings. The molecular formula is C14H17NO4. The first-order valence-corrected chi connectivity index (χ1v) is 6.46. The van der Waals surface area contributed by atoms with Crippen LogP contribution in [0, 0.1) is 0 Å². The molecule has 102 valence electrons. The number of rotatable bonds is 1. The quantitative estimate of drug-likeness (QED) is 0.832. The van der Waals surface area contributed by atoms with E-state index in [2.05, 4.69) is 0 Å². The average molecular weight is 263 g/mol. The van der Waals surface area contributed by atoms with E-state index in [0.717, 1.165) is 0 Å². The number of carbonyl (C=O) groups excluding carboxylic acids is 1. The van der Waals surface area contributed by atoms with E-state index < -0.39 is 5.60 Å². The van der Waals surface area contributed by atoms with Gasteiger partial charge in [-0.1, -0.05) is 0 Å². The van der Waals surface area contributed by atoms with Crippen LogP contribution in [0.5, 0.6) is 11.5 Å². The largest absolute Gasteiger partial charge is 0.454 e. The van der Waals surface area contributed by atoms with E-state index >= 15 is 0 Å². The highest BCUT2D eigenvalue weighted by molar-refractivity contribution is 5.95. The monoisotopic (exact) mass is 263 g/mol. The zero-order valence-corrected chi connectivity index (χ0v) is 10.9. The Morgan fingerprint density at radius 1 is 1.26 bits per heavy atom. The minimum atomic E-state index is -0.647. The van der Waals surface area contributed by atoms with Crippen molar-refractivity contribution in [3.05, 3.63) is 23.8 Å². The van der Waals surface area contributed by atoms with Crippen LogP contribution in [0.4, 0.5) is 0 Å². The first kappa shape index (κ1) is 12.3. The van der Waals surface area contributed by atoms with Gasteiger partial charge >= 0.3 is 0 Å². The Morgan fingerprint density at radius 2 is 1.95 bits per heavy atom. The van der Waals surface area contributed by atoms with Gasteiger partial charge in [-0.25, -0.2) is 0 Å². The van der Waals surface area contributed by atoms with Crippen molar-refractivity contribution in [3.63, 3.8) is 0 Å². The highest BCUT2D eigenvalue weighted by Crippen LogP contribution is 2.33. The van der Waals surface area contributed by atoms with E-state index in [-0.39, 0.29) is 12.7 Å². The van der Waals surface area contributed by atoms with Crippen molar-refractivity contribution in [2.75, 3.05) is 19.9 Å². The fourth-order valence-electron chi connectivity index (χ4n) is 2.40. The lowest BCUT2D eigenvalue weighted by atomic mass is 9.93. The molecule has 1 fully saturated rings. The number of fused-ring (bicyclic) bond motifs is 1. The molecule has 19 heavy (non-hydrogen) atoms. The van der Waals surface area contributed by atoms with Crippen LogP contribution in [0.25, 0.3) is 0 Å². The SMILES string of the molecule is CC1(O)CCN(C(=O)c2ccc3c(c2)OCO3)CC1. The molecule has 0 unspecified atom stereocenters. The third kappa shape index (κ3) is 2.38. The van der Waals surface area contributed by atoms with Gasteiger partial charge in [-0.15, -0.1) is 0 Å². The van der Waals surface area contributed by atoms with Gasteiger partial charge in [0.15, 0.2) is 11.5 Å². The summed E-state index contributed by atoms with van der Waals surface area (Å²) >= 11 is 0. The van der Waals surface area contributed by atoms with Crippen molar-refractivity contribution in [2.45, 2.75) is 25.4 Å². The van der Waals surface area contributed by atoms with Gasteiger partial charge in [0.1, 0.15) is 0 Å². The maximum Gasteiger partial charge on any atom is 0.253 e. The molecule has 1 saturated heterocycles. The molecule has 2 aliphatic heterocycles. The summed E-state index contributed by atoms with van der Waals surface area (Å²) in [4.78, 5) is 14.1. The first-order chi connectivity index (χ1) is 9.05. The molecule has 0 bridgehead atoms. The number of nitrogens with zero attached hydrogens (tertiary/aromatic N) is 1. The fraction of sp³-hybridized carbons (Fsp3) is 0.500. The molecule has 1 amide bonds. The van der Waals surface area contributed by atoms with Crippen LogP contribution >= 0.6 is 0 Å². The molecule has 5 heteroatoms. The number of amides is 1. The Kier molecular flexibility index (Phi) is 2.86. The second-order valence-electron chi connectivity index (χ2n) is 5.36. The van der Waals surface area contributed by atoms with Crippen LogP contribution in [0.15, 0.2) is 18.2 Å². The smallest absolute Gasteiger partial charge is 0.253 e. The zero-order chi connectivity index (χ0) is 13.5. The van der Waals surface area contributed by atoms with Crippen LogP contribution in [0.3, 0.4) is 0 Å². The summed E-state index contributed by atoms with van der Waals surface area (Å²) < 4.78 is 10.5. The number of piperidine rings is 1. The van der Waals surface area contributed by atoms with E-state index in [1.54, 1.807) is 23.1 Å². The van der Waals surface area contributed by atoms with Crippen molar-refractivity contribution >= 4 is 5.91 Å². The molecule has 0 atom stereocenters. The Bertz CT molecular complexity index is 502. The van der Waals surface area contributed by atoms with Crippen molar-refractivity contribution < 1.29 is 19.4 Å². The standard InChI is InChI=1S/C14H17NO4/c1-14(17)4-6-15(7-5-14)13(16)10-2-3-11-12(8-10)19-9-18-11/h2-3,8,17H,4-7,9H2,1H3. The lowest BCUT2D eigenvalue weighted by Crippen LogP contribution is -2.45. The number of likely N-dealkylation sites (tertiary alicyclic amines) is 1. The van der Waals surface area contributed by atoms with Crippen LogP contribution in [0.1, 0.15) is 30.1 Å². The molecule has 2 aliphatic rings. The Labute approximate surface area is 111 Å². The fourth-order valence-corrected chi connectivity index (χ4v) is 2.40. The number of hydrogen-bond donors (Lipinski definition) is 1. The summed E-state index contributed by atoms with van der Waals surface area (Å²) in [6, 6.07) is 5.23. The van der Waals surface area contributed by atoms with Crippen molar-refractivity contribution in [2.24, 2.45) is 0 Å². The molecule has 5 nitrogen and oxygen atoms in total. The predicted molar refractivity (Wildman–Crippen MR) is 68.3 cm³/mol. The summed E-state index contributed by atoms with van der Waals surface area (Å²) in [5.74, 6) is 1.28. The number of ether oxygens (including phenoxy) is 2. The Hall–Kier alpha value is -1.75. The van der Waals surface area contributed by atoms with Crippen LogP contribution < -0.4 is 9.47 Å². The van der Waals surface area contributed by atoms with E-state index in [0.29, 0.717) is 43.0 Å². The summed E-state index contributed by atoms with van der Waals surface area (Å²) in [6.07, 6.45) is 1.23. The molecule has 0 radical (unpaired) electrons. The van der Waals surface area contributed by atoms with Crippen molar-refractivity contribution in [3.8, 4) is 11.5 Å². The van der Waals surface area contributed by atoms with Crippen molar-refractivity contribution in [1.82, 2.24) is 4.90 Å². The predicted octanol–water partition coefficient (Wildman–Crippen LogP) is 1.40. The number of aliphatic hydroxyl groups is 1. The third-order valence-corrected chi connectivity index (χ3v) is 3.75. The number of hydrogen-bond acceptors (Lipinski definition) is 4. The van der Waals surface area contributed by atoms with E-state index in [1.165, 1.54) is 0 Å². The normalized spacial score (nSPS) is 20.4. The zero-order valence-electron chi connectivity index (χ0n) is 10.9. The number of carbonyl (C=O) groups is 1. The average Bonchev–Trinajstić information content (AvgIpc) is 2.85. The van der Waals surface area contributed by atoms with Crippen LogP contribution in [0.2, 0.25) is 0 Å². The maximum absolute atomic E-state index is 12.4. The summed E-state index contributed by atoms with van der Waals surface area (Å²) in [5.41, 5.74) is -0.0446. The minimum absolute atomic E-state index is 0.0196. The summed E-state index contributed by atoms with van der Waals surface area (Å²) in [6.45, 7) is 3.19. The molecular weight excluding hydrogens is 246 g/mol. The topological polar surface area (TPSA) is 59.0 Å². The van der Waals surface area contributed by atoms with E-state index in [4.69, 9.17) is 9.47 Å². The van der Waals surface area contributed by atoms with Gasteiger partial charge in [0, 0.05) is 18.7 Å². The molecule has 3 rings (SSSR count). The van der Waals surface area contributed by atoms with Gasteiger partial charge in [-0.3, -0.25) is 4.79 Å². The molecule has 0 aliphatic carbocycles. The van der Waals surface area contributed by atoms with Gasteiger partial charge in [0.25, 0.3) is 5.91 Å². The van der Waals surface area contributed by atoms with Gasteiger partial charge in [-0.05, 0) is 38.0 Å². The second-order valence-corrected chi connectivity index (χ2v) is 5.36. The Balaban J connectivity index is 1.74. The van der Waals surface area contributed by atoms with E-state index in [1.807, 2.05) is 6.92 Å². The highest BCUT2D eigenvalue weighted by atomic mass is 16.7. The van der Waals surface area contributed by atoms with Gasteiger partial charge in [0.05, 0.1) is 5.60 Å². The van der Waals surface area contributed by atoms with Gasteiger partial charge in [-0.2, -0.15) is 0 Å². The van der Waals surface area contributed by atoms with Gasteiger partial charge < -0.3 is 19.5 Å². The van der Waals surface area contributed by atoms with E-state index in [9.17, 15) is 9.90 Å². The highest BCUT2D eigenvalue weighted by Gasteiger charge is 2.30.